The van der Waals surface area contributed by atoms with E-state index in [0.29, 0.717) is 35.2 Å². The second kappa shape index (κ2) is 6.42. The smallest absolute Gasteiger partial charge is 0.201 e. The first-order valence-electron chi connectivity index (χ1n) is 7.37. The maximum absolute atomic E-state index is 6.08. The molecule has 0 bridgehead atoms. The monoisotopic (exact) mass is 327 g/mol. The first kappa shape index (κ1) is 14.9. The van der Waals surface area contributed by atoms with Crippen molar-refractivity contribution in [1.29, 1.82) is 0 Å². The number of rotatable bonds is 4. The summed E-state index contributed by atoms with van der Waals surface area (Å²) in [5.74, 6) is 0.468. The van der Waals surface area contributed by atoms with Gasteiger partial charge in [0.15, 0.2) is 0 Å². The van der Waals surface area contributed by atoms with Gasteiger partial charge in [-0.3, -0.25) is 0 Å². The highest BCUT2D eigenvalue weighted by molar-refractivity contribution is 6.42. The first-order chi connectivity index (χ1) is 10.1. The minimum Gasteiger partial charge on any atom is -0.376 e. The van der Waals surface area contributed by atoms with E-state index in [-0.39, 0.29) is 0 Å². The number of nitrogens with zero attached hydrogens (tertiary/aromatic N) is 2. The summed E-state index contributed by atoms with van der Waals surface area (Å²) in [7, 11) is 0. The molecular weight excluding hydrogens is 309 g/mol. The van der Waals surface area contributed by atoms with Gasteiger partial charge in [-0.1, -0.05) is 42.5 Å². The molecule has 0 unspecified atom stereocenters. The first-order valence-corrected chi connectivity index (χ1v) is 8.13. The van der Waals surface area contributed by atoms with Gasteiger partial charge in [0, 0.05) is 6.54 Å². The van der Waals surface area contributed by atoms with Crippen LogP contribution >= 0.6 is 23.2 Å². The number of imidazole rings is 1. The van der Waals surface area contributed by atoms with Crippen LogP contribution in [0, 0.1) is 0 Å². The third-order valence-corrected chi connectivity index (χ3v) is 4.76. The number of benzene rings is 1. The zero-order chi connectivity index (χ0) is 14.8. The highest BCUT2D eigenvalue weighted by Gasteiger charge is 2.15. The van der Waals surface area contributed by atoms with Gasteiger partial charge in [0.05, 0.1) is 33.8 Å². The van der Waals surface area contributed by atoms with E-state index in [1.165, 1.54) is 32.1 Å². The maximum Gasteiger partial charge on any atom is 0.201 e. The molecule has 21 heavy (non-hydrogen) atoms. The molecule has 4 nitrogen and oxygen atoms in total. The summed E-state index contributed by atoms with van der Waals surface area (Å²) in [6.45, 7) is 1.32. The van der Waals surface area contributed by atoms with Crippen molar-refractivity contribution in [1.82, 2.24) is 9.55 Å². The lowest BCUT2D eigenvalue weighted by molar-refractivity contribution is 0.0246. The quantitative estimate of drug-likeness (QED) is 0.912. The van der Waals surface area contributed by atoms with Crippen LogP contribution < -0.4 is 5.73 Å². The van der Waals surface area contributed by atoms with Gasteiger partial charge in [-0.2, -0.15) is 0 Å². The van der Waals surface area contributed by atoms with Gasteiger partial charge in [-0.05, 0) is 25.0 Å². The zero-order valence-electron chi connectivity index (χ0n) is 11.8. The molecule has 1 aliphatic rings. The van der Waals surface area contributed by atoms with Crippen molar-refractivity contribution in [3.63, 3.8) is 0 Å². The molecule has 0 atom stereocenters. The average molecular weight is 328 g/mol. The van der Waals surface area contributed by atoms with Gasteiger partial charge < -0.3 is 15.0 Å². The van der Waals surface area contributed by atoms with E-state index in [2.05, 4.69) is 4.98 Å². The Kier molecular flexibility index (Phi) is 4.57. The lowest BCUT2D eigenvalue weighted by Gasteiger charge is -2.22. The Bertz CT molecular complexity index is 635. The number of nitrogen functional groups attached to an aromatic ring is 1. The summed E-state index contributed by atoms with van der Waals surface area (Å²) >= 11 is 12.1. The van der Waals surface area contributed by atoms with Crippen molar-refractivity contribution in [2.24, 2.45) is 0 Å². The Morgan fingerprint density at radius 2 is 1.90 bits per heavy atom. The van der Waals surface area contributed by atoms with Gasteiger partial charge in [0.25, 0.3) is 0 Å². The Hall–Kier alpha value is -0.970. The molecular formula is C15H19Cl2N3O. The molecule has 3 rings (SSSR count). The van der Waals surface area contributed by atoms with Gasteiger partial charge in [-0.25, -0.2) is 4.98 Å². The van der Waals surface area contributed by atoms with Crippen LogP contribution in [0.15, 0.2) is 12.1 Å². The van der Waals surface area contributed by atoms with Crippen LogP contribution in [0.4, 0.5) is 5.95 Å². The second-order valence-electron chi connectivity index (χ2n) is 5.51. The summed E-state index contributed by atoms with van der Waals surface area (Å²) < 4.78 is 7.88. The number of anilines is 1. The average Bonchev–Trinajstić information content (AvgIpc) is 2.76. The predicted molar refractivity (Wildman–Crippen MR) is 87.0 cm³/mol. The standard InChI is InChI=1S/C15H19Cl2N3O/c16-11-8-13-14(9-12(11)17)20(15(18)19-13)6-7-21-10-4-2-1-3-5-10/h8-10H,1-7H2,(H2,18,19). The number of aromatic nitrogens is 2. The molecule has 1 aromatic carbocycles. The van der Waals surface area contributed by atoms with Crippen LogP contribution in [0.3, 0.4) is 0 Å². The topological polar surface area (TPSA) is 53.1 Å². The molecule has 0 spiro atoms. The Labute approximate surface area is 134 Å². The Morgan fingerprint density at radius 1 is 1.19 bits per heavy atom. The number of fused-ring (bicyclic) bond motifs is 1. The lowest BCUT2D eigenvalue weighted by atomic mass is 9.98. The van der Waals surface area contributed by atoms with E-state index in [9.17, 15) is 0 Å². The number of halogens is 2. The highest BCUT2D eigenvalue weighted by Crippen LogP contribution is 2.29. The number of nitrogens with two attached hydrogens (primary N) is 1. The van der Waals surface area contributed by atoms with E-state index < -0.39 is 0 Å². The largest absolute Gasteiger partial charge is 0.376 e. The van der Waals surface area contributed by atoms with Gasteiger partial charge in [0.1, 0.15) is 0 Å². The highest BCUT2D eigenvalue weighted by atomic mass is 35.5. The fourth-order valence-electron chi connectivity index (χ4n) is 2.92. The van der Waals surface area contributed by atoms with Crippen LogP contribution in [-0.2, 0) is 11.3 Å². The van der Waals surface area contributed by atoms with Crippen molar-refractivity contribution in [3.05, 3.63) is 22.2 Å². The SMILES string of the molecule is Nc1nc2cc(Cl)c(Cl)cc2n1CCOC1CCCCC1. The van der Waals surface area contributed by atoms with Crippen LogP contribution in [-0.4, -0.2) is 22.3 Å². The van der Waals surface area contributed by atoms with E-state index in [1.54, 1.807) is 6.07 Å². The summed E-state index contributed by atoms with van der Waals surface area (Å²) in [5, 5.41) is 1.01. The third-order valence-electron chi connectivity index (χ3n) is 4.04. The molecule has 1 aromatic heterocycles. The fourth-order valence-corrected chi connectivity index (χ4v) is 3.23. The van der Waals surface area contributed by atoms with Gasteiger partial charge in [0.2, 0.25) is 5.95 Å². The van der Waals surface area contributed by atoms with Crippen LogP contribution in [0.25, 0.3) is 11.0 Å². The molecule has 0 radical (unpaired) electrons. The summed E-state index contributed by atoms with van der Waals surface area (Å²) in [4.78, 5) is 4.32. The molecule has 0 amide bonds. The summed E-state index contributed by atoms with van der Waals surface area (Å²) in [6, 6.07) is 3.55. The van der Waals surface area contributed by atoms with Gasteiger partial charge in [-0.15, -0.1) is 0 Å². The third kappa shape index (κ3) is 3.28. The molecule has 1 heterocycles. The van der Waals surface area contributed by atoms with E-state index in [0.717, 1.165) is 11.0 Å². The van der Waals surface area contributed by atoms with Crippen LogP contribution in [0.5, 0.6) is 0 Å². The molecule has 0 aliphatic heterocycles. The molecule has 1 aliphatic carbocycles. The van der Waals surface area contributed by atoms with Crippen molar-refractivity contribution < 1.29 is 4.74 Å². The molecule has 0 saturated heterocycles. The van der Waals surface area contributed by atoms with Crippen molar-refractivity contribution >= 4 is 40.2 Å². The fraction of sp³-hybridized carbons (Fsp3) is 0.533. The number of hydrogen-bond donors (Lipinski definition) is 1. The zero-order valence-corrected chi connectivity index (χ0v) is 13.3. The molecule has 2 N–H and O–H groups in total. The van der Waals surface area contributed by atoms with Crippen molar-refractivity contribution in [2.45, 2.75) is 44.8 Å². The maximum atomic E-state index is 6.08. The van der Waals surface area contributed by atoms with Crippen molar-refractivity contribution in [2.75, 3.05) is 12.3 Å². The van der Waals surface area contributed by atoms with Crippen LogP contribution in [0.2, 0.25) is 10.0 Å². The Morgan fingerprint density at radius 3 is 2.67 bits per heavy atom. The molecule has 6 heteroatoms. The molecule has 2 aromatic rings. The van der Waals surface area contributed by atoms with Gasteiger partial charge >= 0.3 is 0 Å². The van der Waals surface area contributed by atoms with E-state index >= 15 is 0 Å². The van der Waals surface area contributed by atoms with E-state index in [1.807, 2.05) is 10.6 Å². The van der Waals surface area contributed by atoms with Crippen molar-refractivity contribution in [3.8, 4) is 0 Å². The minimum atomic E-state index is 0.396. The predicted octanol–water partition coefficient (Wildman–Crippen LogP) is 4.27. The minimum absolute atomic E-state index is 0.396. The summed E-state index contributed by atoms with van der Waals surface area (Å²) in [6.07, 6.45) is 6.61. The number of hydrogen-bond acceptors (Lipinski definition) is 3. The lowest BCUT2D eigenvalue weighted by Crippen LogP contribution is -2.19. The molecule has 114 valence electrons. The molecule has 1 fully saturated rings. The number of ether oxygens (including phenoxy) is 1. The molecule has 1 saturated carbocycles. The normalized spacial score (nSPS) is 16.7. The summed E-state index contributed by atoms with van der Waals surface area (Å²) in [5.41, 5.74) is 7.64. The Balaban J connectivity index is 1.71. The van der Waals surface area contributed by atoms with E-state index in [4.69, 9.17) is 33.7 Å². The van der Waals surface area contributed by atoms with Crippen LogP contribution in [0.1, 0.15) is 32.1 Å². The second-order valence-corrected chi connectivity index (χ2v) is 6.32.